The number of likely N-dealkylation sites (N-methyl/N-ethyl adjacent to an activating group) is 1. The van der Waals surface area contributed by atoms with Crippen molar-refractivity contribution in [3.8, 4) is 11.5 Å². The highest BCUT2D eigenvalue weighted by Crippen LogP contribution is 2.32. The Labute approximate surface area is 144 Å². The maximum absolute atomic E-state index is 12.8. The molecule has 24 heavy (non-hydrogen) atoms. The van der Waals surface area contributed by atoms with Gasteiger partial charge in [-0.2, -0.15) is 0 Å². The smallest absolute Gasteiger partial charge is 0.254 e. The van der Waals surface area contributed by atoms with E-state index in [1.807, 2.05) is 30.1 Å². The minimum Gasteiger partial charge on any atom is -0.493 e. The third-order valence-corrected chi connectivity index (χ3v) is 5.12. The molecule has 0 radical (unpaired) electrons. The largest absolute Gasteiger partial charge is 0.493 e. The van der Waals surface area contributed by atoms with Crippen molar-refractivity contribution < 1.29 is 14.3 Å². The highest BCUT2D eigenvalue weighted by Gasteiger charge is 2.25. The summed E-state index contributed by atoms with van der Waals surface area (Å²) in [5.74, 6) is 1.46. The van der Waals surface area contributed by atoms with Gasteiger partial charge in [0, 0.05) is 24.7 Å². The second-order valence-corrected chi connectivity index (χ2v) is 6.77. The molecular weight excluding hydrogens is 304 g/mol. The number of hydrogen-bond acceptors (Lipinski definition) is 4. The molecule has 1 amide bonds. The molecule has 1 N–H and O–H groups in total. The fraction of sp³-hybridized carbons (Fsp3) is 0.632. The maximum atomic E-state index is 12.8. The zero-order valence-corrected chi connectivity index (χ0v) is 14.7. The molecule has 1 aromatic rings. The van der Waals surface area contributed by atoms with Crippen LogP contribution in [0, 0.1) is 0 Å². The van der Waals surface area contributed by atoms with Crippen LogP contribution in [0.25, 0.3) is 0 Å². The van der Waals surface area contributed by atoms with Crippen LogP contribution in [0.3, 0.4) is 0 Å². The zero-order chi connectivity index (χ0) is 16.9. The Balaban J connectivity index is 1.72. The van der Waals surface area contributed by atoms with Crippen LogP contribution in [0.5, 0.6) is 11.5 Å². The van der Waals surface area contributed by atoms with Gasteiger partial charge < -0.3 is 19.7 Å². The quantitative estimate of drug-likeness (QED) is 0.901. The van der Waals surface area contributed by atoms with E-state index in [2.05, 4.69) is 5.32 Å². The number of likely N-dealkylation sites (tertiary alicyclic amines) is 1. The number of carbonyl (C=O) groups excluding carboxylic acids is 1. The molecule has 0 aromatic heterocycles. The summed E-state index contributed by atoms with van der Waals surface area (Å²) in [4.78, 5) is 14.7. The molecule has 1 unspecified atom stereocenters. The predicted molar refractivity (Wildman–Crippen MR) is 93.9 cm³/mol. The summed E-state index contributed by atoms with van der Waals surface area (Å²) in [6.07, 6.45) is 7.09. The van der Waals surface area contributed by atoms with E-state index in [0.29, 0.717) is 17.4 Å². The van der Waals surface area contributed by atoms with Crippen LogP contribution in [0.15, 0.2) is 18.2 Å². The van der Waals surface area contributed by atoms with Gasteiger partial charge in [-0.05, 0) is 63.8 Å². The standard InChI is InChI=1S/C19H28N2O3/c1-20-15-6-5-11-21(13-15)19(22)14-9-10-17(18(12-14)23-2)24-16-7-3-4-8-16/h9-10,12,15-16,20H,3-8,11,13H2,1-2H3. The van der Waals surface area contributed by atoms with E-state index in [1.165, 1.54) is 12.8 Å². The summed E-state index contributed by atoms with van der Waals surface area (Å²) >= 11 is 0. The number of carbonyl (C=O) groups is 1. The van der Waals surface area contributed by atoms with E-state index in [0.717, 1.165) is 44.5 Å². The summed E-state index contributed by atoms with van der Waals surface area (Å²) in [5.41, 5.74) is 0.669. The molecule has 1 aromatic carbocycles. The van der Waals surface area contributed by atoms with E-state index in [-0.39, 0.29) is 12.0 Å². The van der Waals surface area contributed by atoms with Crippen LogP contribution in [-0.4, -0.2) is 50.2 Å². The summed E-state index contributed by atoms with van der Waals surface area (Å²) in [6, 6.07) is 5.94. The number of ether oxygens (including phenoxy) is 2. The number of nitrogens with zero attached hydrogens (tertiary/aromatic N) is 1. The minimum absolute atomic E-state index is 0.0701. The molecule has 1 saturated carbocycles. The van der Waals surface area contributed by atoms with Gasteiger partial charge in [0.25, 0.3) is 5.91 Å². The Kier molecular flexibility index (Phi) is 5.61. The van der Waals surface area contributed by atoms with Gasteiger partial charge in [-0.25, -0.2) is 0 Å². The van der Waals surface area contributed by atoms with Gasteiger partial charge in [0.2, 0.25) is 0 Å². The molecule has 5 heteroatoms. The lowest BCUT2D eigenvalue weighted by Gasteiger charge is -2.32. The van der Waals surface area contributed by atoms with E-state index in [4.69, 9.17) is 9.47 Å². The Morgan fingerprint density at radius 1 is 1.17 bits per heavy atom. The number of methoxy groups -OCH3 is 1. The Morgan fingerprint density at radius 3 is 2.67 bits per heavy atom. The van der Waals surface area contributed by atoms with Crippen LogP contribution in [0.2, 0.25) is 0 Å². The summed E-state index contributed by atoms with van der Waals surface area (Å²) < 4.78 is 11.5. The molecule has 2 fully saturated rings. The summed E-state index contributed by atoms with van der Waals surface area (Å²) in [6.45, 7) is 1.58. The average Bonchev–Trinajstić information content (AvgIpc) is 3.14. The number of rotatable bonds is 5. The molecule has 1 heterocycles. The van der Waals surface area contributed by atoms with E-state index < -0.39 is 0 Å². The van der Waals surface area contributed by atoms with Gasteiger partial charge >= 0.3 is 0 Å². The normalized spacial score (nSPS) is 21.8. The third kappa shape index (κ3) is 3.83. The van der Waals surface area contributed by atoms with Gasteiger partial charge in [0.15, 0.2) is 11.5 Å². The van der Waals surface area contributed by atoms with Crippen LogP contribution < -0.4 is 14.8 Å². The molecule has 3 rings (SSSR count). The molecular formula is C19H28N2O3. The van der Waals surface area contributed by atoms with Crippen molar-refractivity contribution in [1.29, 1.82) is 0 Å². The number of piperidine rings is 1. The Bertz CT molecular complexity index is 570. The molecule has 1 saturated heterocycles. The van der Waals surface area contributed by atoms with Crippen LogP contribution in [0.4, 0.5) is 0 Å². The van der Waals surface area contributed by atoms with Gasteiger partial charge in [-0.15, -0.1) is 0 Å². The first-order valence-corrected chi connectivity index (χ1v) is 9.02. The predicted octanol–water partition coefficient (Wildman–Crippen LogP) is 2.84. The van der Waals surface area contributed by atoms with Crippen molar-refractivity contribution >= 4 is 5.91 Å². The highest BCUT2D eigenvalue weighted by molar-refractivity contribution is 5.95. The van der Waals surface area contributed by atoms with E-state index in [9.17, 15) is 4.79 Å². The maximum Gasteiger partial charge on any atom is 0.254 e. The van der Waals surface area contributed by atoms with Gasteiger partial charge in [-0.3, -0.25) is 4.79 Å². The monoisotopic (exact) mass is 332 g/mol. The molecule has 1 aliphatic heterocycles. The molecule has 0 bridgehead atoms. The Morgan fingerprint density at radius 2 is 1.96 bits per heavy atom. The average molecular weight is 332 g/mol. The van der Waals surface area contributed by atoms with Crippen LogP contribution in [0.1, 0.15) is 48.9 Å². The van der Waals surface area contributed by atoms with E-state index in [1.54, 1.807) is 7.11 Å². The van der Waals surface area contributed by atoms with Crippen molar-refractivity contribution in [2.24, 2.45) is 0 Å². The lowest BCUT2D eigenvalue weighted by molar-refractivity contribution is 0.0697. The van der Waals surface area contributed by atoms with Crippen molar-refractivity contribution in [2.45, 2.75) is 50.7 Å². The zero-order valence-electron chi connectivity index (χ0n) is 14.7. The topological polar surface area (TPSA) is 50.8 Å². The Hall–Kier alpha value is -1.75. The van der Waals surface area contributed by atoms with Gasteiger partial charge in [0.1, 0.15) is 0 Å². The molecule has 5 nitrogen and oxygen atoms in total. The van der Waals surface area contributed by atoms with E-state index >= 15 is 0 Å². The van der Waals surface area contributed by atoms with Gasteiger partial charge in [-0.1, -0.05) is 0 Å². The molecule has 1 atom stereocenters. The lowest BCUT2D eigenvalue weighted by atomic mass is 10.0. The fourth-order valence-electron chi connectivity index (χ4n) is 3.66. The summed E-state index contributed by atoms with van der Waals surface area (Å²) in [7, 11) is 3.58. The number of hydrogen-bond donors (Lipinski definition) is 1. The first kappa shape index (κ1) is 17.1. The number of benzene rings is 1. The third-order valence-electron chi connectivity index (χ3n) is 5.12. The molecule has 1 aliphatic carbocycles. The van der Waals surface area contributed by atoms with Crippen molar-refractivity contribution in [2.75, 3.05) is 27.2 Å². The van der Waals surface area contributed by atoms with Crippen molar-refractivity contribution in [1.82, 2.24) is 10.2 Å². The van der Waals surface area contributed by atoms with Crippen molar-refractivity contribution in [3.05, 3.63) is 23.8 Å². The summed E-state index contributed by atoms with van der Waals surface area (Å²) in [5, 5.41) is 3.27. The van der Waals surface area contributed by atoms with Crippen molar-refractivity contribution in [3.63, 3.8) is 0 Å². The molecule has 132 valence electrons. The first-order chi connectivity index (χ1) is 11.7. The second kappa shape index (κ2) is 7.88. The molecule has 0 spiro atoms. The fourth-order valence-corrected chi connectivity index (χ4v) is 3.66. The van der Waals surface area contributed by atoms with Crippen LogP contribution in [-0.2, 0) is 0 Å². The van der Waals surface area contributed by atoms with Gasteiger partial charge in [0.05, 0.1) is 13.2 Å². The number of nitrogens with one attached hydrogen (secondary N) is 1. The lowest BCUT2D eigenvalue weighted by Crippen LogP contribution is -2.46. The minimum atomic E-state index is 0.0701. The first-order valence-electron chi connectivity index (χ1n) is 9.02. The second-order valence-electron chi connectivity index (χ2n) is 6.77. The highest BCUT2D eigenvalue weighted by atomic mass is 16.5. The van der Waals surface area contributed by atoms with Crippen LogP contribution >= 0.6 is 0 Å². The molecule has 2 aliphatic rings. The number of amides is 1. The SMILES string of the molecule is CNC1CCCN(C(=O)c2ccc(OC3CCCC3)c(OC)c2)C1.